The van der Waals surface area contributed by atoms with Crippen molar-refractivity contribution in [2.24, 2.45) is 21.8 Å². The summed E-state index contributed by atoms with van der Waals surface area (Å²) in [5.41, 5.74) is 7.71. The van der Waals surface area contributed by atoms with Crippen molar-refractivity contribution in [3.8, 4) is 22.4 Å². The molecule has 8 heteroatoms. The number of nitrogens with zero attached hydrogens (tertiary/aromatic N) is 6. The van der Waals surface area contributed by atoms with Gasteiger partial charge in [0, 0.05) is 60.7 Å². The fourth-order valence-electron chi connectivity index (χ4n) is 6.24. The molecule has 0 radical (unpaired) electrons. The molecule has 0 amide bonds. The first kappa shape index (κ1) is 32.5. The van der Waals surface area contributed by atoms with E-state index < -0.39 is 0 Å². The van der Waals surface area contributed by atoms with E-state index in [0.717, 1.165) is 108 Å². The molecule has 0 spiro atoms. The second kappa shape index (κ2) is 14.9. The van der Waals surface area contributed by atoms with Crippen LogP contribution in [0.25, 0.3) is 22.4 Å². The summed E-state index contributed by atoms with van der Waals surface area (Å²) < 4.78 is 0. The number of aliphatic imine (C=N–C) groups is 2. The summed E-state index contributed by atoms with van der Waals surface area (Å²) >= 11 is 14.2. The SMILES string of the molecule is C=C(CN1CCC(C)C1)/N=C\C(=N/CC)c1cccc(-c2cccc(-c3cnc(CN4CCC(C)C4)c(CC)n3)c2Cl)c1Cl. The summed E-state index contributed by atoms with van der Waals surface area (Å²) in [5.74, 6) is 1.46. The molecule has 2 unspecified atom stereocenters. The van der Waals surface area contributed by atoms with E-state index in [1.165, 1.54) is 12.8 Å². The lowest BCUT2D eigenvalue weighted by Crippen LogP contribution is -2.22. The van der Waals surface area contributed by atoms with E-state index in [1.807, 2.05) is 49.5 Å². The Kier molecular flexibility index (Phi) is 11.0. The highest BCUT2D eigenvalue weighted by atomic mass is 35.5. The predicted molar refractivity (Wildman–Crippen MR) is 186 cm³/mol. The number of aryl methyl sites for hydroxylation is 1. The van der Waals surface area contributed by atoms with Gasteiger partial charge in [0.05, 0.1) is 45.3 Å². The smallest absolute Gasteiger partial charge is 0.0903 e. The first-order chi connectivity index (χ1) is 21.3. The largest absolute Gasteiger partial charge is 0.297 e. The van der Waals surface area contributed by atoms with Gasteiger partial charge in [0.25, 0.3) is 0 Å². The quantitative estimate of drug-likeness (QED) is 0.200. The molecule has 0 bridgehead atoms. The fraction of sp³-hybridized carbons (Fsp3) is 0.444. The van der Waals surface area contributed by atoms with Crippen molar-refractivity contribution in [1.29, 1.82) is 0 Å². The van der Waals surface area contributed by atoms with Gasteiger partial charge in [0.2, 0.25) is 0 Å². The standard InChI is InChI=1S/C36H44Cl2N6/c1-6-31-34(23-44-17-15-25(4)21-44)41-19-33(42-31)30-13-9-11-28(36(30)38)27-10-8-12-29(35(27)37)32(39-7-2)18-40-26(5)22-43-16-14-24(3)20-43/h8-13,18-19,24-25H,5-7,14-17,20-23H2,1-4H3/b39-32+,40-18-. The Morgan fingerprint density at radius 1 is 0.932 bits per heavy atom. The Bertz CT molecular complexity index is 1550. The summed E-state index contributed by atoms with van der Waals surface area (Å²) in [6.45, 7) is 19.6. The summed E-state index contributed by atoms with van der Waals surface area (Å²) in [5, 5.41) is 1.18. The molecule has 3 aromatic rings. The zero-order valence-electron chi connectivity index (χ0n) is 26.5. The normalized spacial score (nSPS) is 19.8. The Balaban J connectivity index is 1.41. The van der Waals surface area contributed by atoms with E-state index in [-0.39, 0.29) is 0 Å². The van der Waals surface area contributed by atoms with Crippen molar-refractivity contribution in [3.63, 3.8) is 0 Å². The highest BCUT2D eigenvalue weighted by Gasteiger charge is 2.22. The maximum absolute atomic E-state index is 7.12. The lowest BCUT2D eigenvalue weighted by atomic mass is 9.98. The van der Waals surface area contributed by atoms with Crippen LogP contribution in [0.2, 0.25) is 10.0 Å². The average Bonchev–Trinajstić information content (AvgIpc) is 3.62. The van der Waals surface area contributed by atoms with Crippen molar-refractivity contribution in [2.45, 2.75) is 53.5 Å². The topological polar surface area (TPSA) is 57.0 Å². The molecule has 0 saturated carbocycles. The van der Waals surface area contributed by atoms with Gasteiger partial charge in [-0.05, 0) is 51.1 Å². The monoisotopic (exact) mass is 630 g/mol. The zero-order valence-corrected chi connectivity index (χ0v) is 28.0. The zero-order chi connectivity index (χ0) is 31.2. The second-order valence-electron chi connectivity index (χ2n) is 12.3. The number of rotatable bonds is 11. The van der Waals surface area contributed by atoms with E-state index in [0.29, 0.717) is 16.6 Å². The van der Waals surface area contributed by atoms with E-state index in [1.54, 1.807) is 6.21 Å². The lowest BCUT2D eigenvalue weighted by Gasteiger charge is -2.17. The third kappa shape index (κ3) is 7.66. The van der Waals surface area contributed by atoms with Crippen molar-refractivity contribution >= 4 is 35.1 Å². The molecule has 6 nitrogen and oxygen atoms in total. The third-order valence-electron chi connectivity index (χ3n) is 8.60. The van der Waals surface area contributed by atoms with Crippen LogP contribution in [0.5, 0.6) is 0 Å². The summed E-state index contributed by atoms with van der Waals surface area (Å²) in [6.07, 6.45) is 6.93. The fourth-order valence-corrected chi connectivity index (χ4v) is 6.89. The van der Waals surface area contributed by atoms with E-state index in [9.17, 15) is 0 Å². The lowest BCUT2D eigenvalue weighted by molar-refractivity contribution is 0.314. The average molecular weight is 632 g/mol. The predicted octanol–water partition coefficient (Wildman–Crippen LogP) is 8.26. The minimum absolute atomic E-state index is 0.583. The molecule has 2 aromatic carbocycles. The second-order valence-corrected chi connectivity index (χ2v) is 13.0. The van der Waals surface area contributed by atoms with Crippen LogP contribution in [-0.2, 0) is 13.0 Å². The molecule has 2 atom stereocenters. The Morgan fingerprint density at radius 3 is 2.25 bits per heavy atom. The van der Waals surface area contributed by atoms with Gasteiger partial charge >= 0.3 is 0 Å². The van der Waals surface area contributed by atoms with Crippen LogP contribution in [0.15, 0.2) is 64.9 Å². The molecule has 232 valence electrons. The van der Waals surface area contributed by atoms with Gasteiger partial charge in [-0.3, -0.25) is 24.8 Å². The van der Waals surface area contributed by atoms with Crippen molar-refractivity contribution < 1.29 is 0 Å². The molecule has 2 aliphatic heterocycles. The van der Waals surface area contributed by atoms with Crippen LogP contribution in [-0.4, -0.2) is 71.0 Å². The number of halogens is 2. The number of hydrogen-bond acceptors (Lipinski definition) is 6. The van der Waals surface area contributed by atoms with Gasteiger partial charge in [-0.15, -0.1) is 0 Å². The first-order valence-electron chi connectivity index (χ1n) is 15.9. The summed E-state index contributed by atoms with van der Waals surface area (Å²) in [7, 11) is 0. The molecule has 0 N–H and O–H groups in total. The number of aromatic nitrogens is 2. The molecule has 2 fully saturated rings. The van der Waals surface area contributed by atoms with Gasteiger partial charge in [0.1, 0.15) is 0 Å². The molecular weight excluding hydrogens is 587 g/mol. The van der Waals surface area contributed by atoms with Crippen LogP contribution in [0.3, 0.4) is 0 Å². The third-order valence-corrected chi connectivity index (χ3v) is 9.41. The van der Waals surface area contributed by atoms with Gasteiger partial charge in [-0.2, -0.15) is 0 Å². The molecule has 5 rings (SSSR count). The summed E-state index contributed by atoms with van der Waals surface area (Å²) in [6, 6.07) is 12.0. The Morgan fingerprint density at radius 2 is 1.59 bits per heavy atom. The van der Waals surface area contributed by atoms with E-state index >= 15 is 0 Å². The van der Waals surface area contributed by atoms with Crippen molar-refractivity contribution in [3.05, 3.63) is 81.9 Å². The molecule has 2 aliphatic rings. The van der Waals surface area contributed by atoms with Crippen LogP contribution >= 0.6 is 23.2 Å². The van der Waals surface area contributed by atoms with E-state index in [4.69, 9.17) is 38.2 Å². The molecular formula is C36H44Cl2N6. The highest BCUT2D eigenvalue weighted by Crippen LogP contribution is 2.40. The van der Waals surface area contributed by atoms with Crippen LogP contribution in [0.4, 0.5) is 0 Å². The number of hydrogen-bond donors (Lipinski definition) is 0. The highest BCUT2D eigenvalue weighted by molar-refractivity contribution is 6.46. The van der Waals surface area contributed by atoms with Crippen LogP contribution < -0.4 is 0 Å². The van der Waals surface area contributed by atoms with Gasteiger partial charge in [-0.1, -0.05) is 87.0 Å². The van der Waals surface area contributed by atoms with Crippen molar-refractivity contribution in [1.82, 2.24) is 19.8 Å². The van der Waals surface area contributed by atoms with Gasteiger partial charge in [0.15, 0.2) is 0 Å². The van der Waals surface area contributed by atoms with Crippen LogP contribution in [0, 0.1) is 11.8 Å². The Labute approximate surface area is 272 Å². The van der Waals surface area contributed by atoms with Crippen LogP contribution in [0.1, 0.15) is 57.5 Å². The molecule has 1 aromatic heterocycles. The van der Waals surface area contributed by atoms with Crippen molar-refractivity contribution in [2.75, 3.05) is 39.3 Å². The Hall–Kier alpha value is -2.90. The molecule has 2 saturated heterocycles. The number of likely N-dealkylation sites (tertiary alicyclic amines) is 2. The molecule has 44 heavy (non-hydrogen) atoms. The maximum atomic E-state index is 7.12. The minimum atomic E-state index is 0.583. The van der Waals surface area contributed by atoms with Gasteiger partial charge < -0.3 is 0 Å². The minimum Gasteiger partial charge on any atom is -0.297 e. The maximum Gasteiger partial charge on any atom is 0.0903 e. The van der Waals surface area contributed by atoms with E-state index in [2.05, 4.69) is 42.1 Å². The van der Waals surface area contributed by atoms with Gasteiger partial charge in [-0.25, -0.2) is 4.98 Å². The molecule has 0 aliphatic carbocycles. The molecule has 3 heterocycles. The first-order valence-corrected chi connectivity index (χ1v) is 16.7. The number of benzene rings is 2. The summed E-state index contributed by atoms with van der Waals surface area (Å²) in [4.78, 5) is 24.2.